The number of anilines is 2. The molecular formula is C18H23N3O2. The molecule has 0 aromatic heterocycles. The van der Waals surface area contributed by atoms with Crippen molar-refractivity contribution in [1.29, 1.82) is 0 Å². The van der Waals surface area contributed by atoms with Crippen LogP contribution in [0.15, 0.2) is 42.5 Å². The van der Waals surface area contributed by atoms with Gasteiger partial charge in [0.05, 0.1) is 11.4 Å². The van der Waals surface area contributed by atoms with Crippen LogP contribution in [0.25, 0.3) is 0 Å². The zero-order valence-corrected chi connectivity index (χ0v) is 13.7. The molecule has 0 aliphatic carbocycles. The lowest BCUT2D eigenvalue weighted by atomic mass is 10.0. The Bertz CT molecular complexity index is 681. The second kappa shape index (κ2) is 7.15. The second-order valence-electron chi connectivity index (χ2n) is 5.89. The van der Waals surface area contributed by atoms with Crippen LogP contribution in [0.4, 0.5) is 11.4 Å². The molecule has 0 spiro atoms. The molecule has 2 aromatic rings. The Kier molecular flexibility index (Phi) is 5.24. The number of carbonyl (C=O) groups is 1. The van der Waals surface area contributed by atoms with Gasteiger partial charge in [-0.2, -0.15) is 0 Å². The van der Waals surface area contributed by atoms with Crippen LogP contribution < -0.4 is 16.2 Å². The molecule has 2 rings (SSSR count). The standard InChI is InChI=1S/C18H23N3O2/c1-12(11-21(2)3)23-15-7-4-13(5-8-15)18(22)14-6-9-16(19)17(20)10-14/h4-10,12H,11,19-20H2,1-3H3. The Hall–Kier alpha value is -2.53. The van der Waals surface area contributed by atoms with Gasteiger partial charge in [0.15, 0.2) is 5.78 Å². The smallest absolute Gasteiger partial charge is 0.193 e. The molecule has 0 aliphatic rings. The van der Waals surface area contributed by atoms with Gasteiger partial charge < -0.3 is 21.1 Å². The first-order valence-electron chi connectivity index (χ1n) is 7.48. The minimum atomic E-state index is -0.0930. The average molecular weight is 313 g/mol. The van der Waals surface area contributed by atoms with Crippen molar-refractivity contribution in [1.82, 2.24) is 4.90 Å². The van der Waals surface area contributed by atoms with E-state index < -0.39 is 0 Å². The van der Waals surface area contributed by atoms with E-state index in [1.54, 1.807) is 42.5 Å². The van der Waals surface area contributed by atoms with Gasteiger partial charge in [-0.05, 0) is 63.5 Å². The summed E-state index contributed by atoms with van der Waals surface area (Å²) in [6.45, 7) is 2.83. The summed E-state index contributed by atoms with van der Waals surface area (Å²) in [5.74, 6) is 0.650. The molecule has 122 valence electrons. The van der Waals surface area contributed by atoms with E-state index in [0.29, 0.717) is 22.5 Å². The van der Waals surface area contributed by atoms with Gasteiger partial charge >= 0.3 is 0 Å². The Morgan fingerprint density at radius 3 is 2.22 bits per heavy atom. The molecule has 23 heavy (non-hydrogen) atoms. The zero-order chi connectivity index (χ0) is 17.0. The third-order valence-electron chi connectivity index (χ3n) is 3.43. The summed E-state index contributed by atoms with van der Waals surface area (Å²) < 4.78 is 5.81. The molecule has 0 radical (unpaired) electrons. The number of likely N-dealkylation sites (N-methyl/N-ethyl adjacent to an activating group) is 1. The van der Waals surface area contributed by atoms with Gasteiger partial charge in [-0.25, -0.2) is 0 Å². The number of nitrogens with two attached hydrogens (primary N) is 2. The number of nitrogens with zero attached hydrogens (tertiary/aromatic N) is 1. The second-order valence-corrected chi connectivity index (χ2v) is 5.89. The number of ketones is 1. The van der Waals surface area contributed by atoms with E-state index in [2.05, 4.69) is 4.90 Å². The summed E-state index contributed by atoms with van der Waals surface area (Å²) in [6, 6.07) is 12.0. The minimum absolute atomic E-state index is 0.0726. The number of rotatable bonds is 6. The van der Waals surface area contributed by atoms with Crippen LogP contribution in [0.3, 0.4) is 0 Å². The van der Waals surface area contributed by atoms with E-state index in [1.807, 2.05) is 21.0 Å². The van der Waals surface area contributed by atoms with Crippen LogP contribution in [0.1, 0.15) is 22.8 Å². The van der Waals surface area contributed by atoms with Gasteiger partial charge in [-0.15, -0.1) is 0 Å². The molecular weight excluding hydrogens is 290 g/mol. The van der Waals surface area contributed by atoms with E-state index in [-0.39, 0.29) is 11.9 Å². The van der Waals surface area contributed by atoms with E-state index in [0.717, 1.165) is 12.3 Å². The van der Waals surface area contributed by atoms with Gasteiger partial charge in [0, 0.05) is 17.7 Å². The van der Waals surface area contributed by atoms with Gasteiger partial charge in [0.2, 0.25) is 0 Å². The first kappa shape index (κ1) is 16.8. The molecule has 1 unspecified atom stereocenters. The summed E-state index contributed by atoms with van der Waals surface area (Å²) in [5, 5.41) is 0. The molecule has 2 aromatic carbocycles. The number of nitrogen functional groups attached to an aromatic ring is 2. The maximum absolute atomic E-state index is 12.4. The SMILES string of the molecule is CC(CN(C)C)Oc1ccc(C(=O)c2ccc(N)c(N)c2)cc1. The average Bonchev–Trinajstić information content (AvgIpc) is 2.49. The highest BCUT2D eigenvalue weighted by molar-refractivity contribution is 6.09. The minimum Gasteiger partial charge on any atom is -0.489 e. The lowest BCUT2D eigenvalue weighted by Crippen LogP contribution is -2.27. The maximum atomic E-state index is 12.4. The zero-order valence-electron chi connectivity index (χ0n) is 13.7. The highest BCUT2D eigenvalue weighted by atomic mass is 16.5. The van der Waals surface area contributed by atoms with E-state index in [4.69, 9.17) is 16.2 Å². The van der Waals surface area contributed by atoms with Crippen molar-refractivity contribution in [3.8, 4) is 5.75 Å². The van der Waals surface area contributed by atoms with Crippen LogP contribution >= 0.6 is 0 Å². The number of benzene rings is 2. The fraction of sp³-hybridized carbons (Fsp3) is 0.278. The summed E-state index contributed by atoms with van der Waals surface area (Å²) in [7, 11) is 4.00. The first-order valence-corrected chi connectivity index (χ1v) is 7.48. The van der Waals surface area contributed by atoms with Crippen LogP contribution in [0.5, 0.6) is 5.75 Å². The summed E-state index contributed by atoms with van der Waals surface area (Å²) in [4.78, 5) is 14.5. The van der Waals surface area contributed by atoms with Gasteiger partial charge in [-0.3, -0.25) is 4.79 Å². The van der Waals surface area contributed by atoms with Crippen molar-refractivity contribution in [3.05, 3.63) is 53.6 Å². The molecule has 0 saturated carbocycles. The summed E-state index contributed by atoms with van der Waals surface area (Å²) in [5.41, 5.74) is 13.4. The highest BCUT2D eigenvalue weighted by Gasteiger charge is 2.11. The summed E-state index contributed by atoms with van der Waals surface area (Å²) in [6.07, 6.45) is 0.0726. The topological polar surface area (TPSA) is 81.6 Å². The third kappa shape index (κ3) is 4.47. The molecule has 1 atom stereocenters. The summed E-state index contributed by atoms with van der Waals surface area (Å²) >= 11 is 0. The lowest BCUT2D eigenvalue weighted by Gasteiger charge is -2.18. The predicted molar refractivity (Wildman–Crippen MR) is 93.8 cm³/mol. The van der Waals surface area contributed by atoms with E-state index >= 15 is 0 Å². The Labute approximate surface area is 136 Å². The molecule has 0 aliphatic heterocycles. The van der Waals surface area contributed by atoms with E-state index in [9.17, 15) is 4.79 Å². The Balaban J connectivity index is 2.09. The van der Waals surface area contributed by atoms with Crippen molar-refractivity contribution >= 4 is 17.2 Å². The largest absolute Gasteiger partial charge is 0.489 e. The number of ether oxygens (including phenoxy) is 1. The van der Waals surface area contributed by atoms with Crippen molar-refractivity contribution in [2.75, 3.05) is 32.1 Å². The first-order chi connectivity index (χ1) is 10.9. The fourth-order valence-electron chi connectivity index (χ4n) is 2.35. The fourth-order valence-corrected chi connectivity index (χ4v) is 2.35. The van der Waals surface area contributed by atoms with Crippen LogP contribution in [0.2, 0.25) is 0 Å². The molecule has 0 fully saturated rings. The van der Waals surface area contributed by atoms with Crippen LogP contribution in [0, 0.1) is 0 Å². The monoisotopic (exact) mass is 313 g/mol. The van der Waals surface area contributed by atoms with Crippen LogP contribution in [-0.2, 0) is 0 Å². The normalized spacial score (nSPS) is 12.2. The highest BCUT2D eigenvalue weighted by Crippen LogP contribution is 2.20. The van der Waals surface area contributed by atoms with Crippen molar-refractivity contribution in [2.45, 2.75) is 13.0 Å². The van der Waals surface area contributed by atoms with Gasteiger partial charge in [0.1, 0.15) is 11.9 Å². The molecule has 4 N–H and O–H groups in total. The number of hydrogen-bond acceptors (Lipinski definition) is 5. The third-order valence-corrected chi connectivity index (χ3v) is 3.43. The quantitative estimate of drug-likeness (QED) is 0.632. The molecule has 5 heteroatoms. The maximum Gasteiger partial charge on any atom is 0.193 e. The molecule has 0 saturated heterocycles. The lowest BCUT2D eigenvalue weighted by molar-refractivity contribution is 0.103. The molecule has 0 heterocycles. The van der Waals surface area contributed by atoms with Crippen molar-refractivity contribution in [3.63, 3.8) is 0 Å². The van der Waals surface area contributed by atoms with E-state index in [1.165, 1.54) is 0 Å². The molecule has 0 amide bonds. The molecule has 0 bridgehead atoms. The Morgan fingerprint density at radius 1 is 1.04 bits per heavy atom. The van der Waals surface area contributed by atoms with Gasteiger partial charge in [0.25, 0.3) is 0 Å². The van der Waals surface area contributed by atoms with Crippen molar-refractivity contribution < 1.29 is 9.53 Å². The molecule has 5 nitrogen and oxygen atoms in total. The number of carbonyl (C=O) groups excluding carboxylic acids is 1. The predicted octanol–water partition coefficient (Wildman–Crippen LogP) is 2.41. The van der Waals surface area contributed by atoms with Crippen molar-refractivity contribution in [2.24, 2.45) is 0 Å². The number of hydrogen-bond donors (Lipinski definition) is 2. The Morgan fingerprint density at radius 2 is 1.65 bits per heavy atom. The van der Waals surface area contributed by atoms with Crippen LogP contribution in [-0.4, -0.2) is 37.4 Å². The van der Waals surface area contributed by atoms with Gasteiger partial charge in [-0.1, -0.05) is 0 Å².